The summed E-state index contributed by atoms with van der Waals surface area (Å²) < 4.78 is 2.00. The standard InChI is InChI=1S/C14H26N4/c1-5-17-7-6-14(16-17)18-10-13(8-11(2)3)15-9-12(18)4/h6-7,11-13,15H,5,8-10H2,1-4H3. The van der Waals surface area contributed by atoms with Gasteiger partial charge in [-0.05, 0) is 26.2 Å². The number of hydrogen-bond donors (Lipinski definition) is 1. The quantitative estimate of drug-likeness (QED) is 0.888. The summed E-state index contributed by atoms with van der Waals surface area (Å²) >= 11 is 0. The third-order valence-corrected chi connectivity index (χ3v) is 3.65. The van der Waals surface area contributed by atoms with Crippen LogP contribution in [-0.2, 0) is 6.54 Å². The van der Waals surface area contributed by atoms with E-state index >= 15 is 0 Å². The predicted octanol–water partition coefficient (Wildman–Crippen LogP) is 2.12. The van der Waals surface area contributed by atoms with Gasteiger partial charge in [0, 0.05) is 44.0 Å². The molecule has 1 N–H and O–H groups in total. The predicted molar refractivity (Wildman–Crippen MR) is 76.0 cm³/mol. The Morgan fingerprint density at radius 2 is 2.28 bits per heavy atom. The molecule has 4 heteroatoms. The summed E-state index contributed by atoms with van der Waals surface area (Å²) in [7, 11) is 0. The van der Waals surface area contributed by atoms with Crippen LogP contribution in [0.2, 0.25) is 0 Å². The Balaban J connectivity index is 2.05. The lowest BCUT2D eigenvalue weighted by atomic mass is 10.0. The van der Waals surface area contributed by atoms with E-state index in [4.69, 9.17) is 0 Å². The minimum atomic E-state index is 0.522. The van der Waals surface area contributed by atoms with E-state index in [0.29, 0.717) is 12.1 Å². The van der Waals surface area contributed by atoms with Crippen molar-refractivity contribution in [3.05, 3.63) is 12.3 Å². The second-order valence-corrected chi connectivity index (χ2v) is 5.77. The number of anilines is 1. The minimum absolute atomic E-state index is 0.522. The van der Waals surface area contributed by atoms with Crippen LogP contribution < -0.4 is 10.2 Å². The Morgan fingerprint density at radius 3 is 2.89 bits per heavy atom. The number of rotatable bonds is 4. The number of hydrogen-bond acceptors (Lipinski definition) is 3. The van der Waals surface area contributed by atoms with Gasteiger partial charge in [0.1, 0.15) is 0 Å². The summed E-state index contributed by atoms with van der Waals surface area (Å²) in [4.78, 5) is 2.44. The normalized spacial score (nSPS) is 24.8. The molecule has 1 aromatic heterocycles. The van der Waals surface area contributed by atoms with Crippen molar-refractivity contribution in [3.8, 4) is 0 Å². The van der Waals surface area contributed by atoms with E-state index in [0.717, 1.165) is 31.4 Å². The fraction of sp³-hybridized carbons (Fsp3) is 0.786. The summed E-state index contributed by atoms with van der Waals surface area (Å²) in [6.45, 7) is 12.0. The summed E-state index contributed by atoms with van der Waals surface area (Å²) in [5.74, 6) is 1.87. The van der Waals surface area contributed by atoms with Gasteiger partial charge in [-0.15, -0.1) is 0 Å². The molecule has 2 heterocycles. The zero-order valence-corrected chi connectivity index (χ0v) is 12.1. The molecule has 0 bridgehead atoms. The van der Waals surface area contributed by atoms with Gasteiger partial charge in [-0.3, -0.25) is 4.68 Å². The highest BCUT2D eigenvalue weighted by atomic mass is 15.4. The highest BCUT2D eigenvalue weighted by Gasteiger charge is 2.26. The zero-order chi connectivity index (χ0) is 13.1. The molecule has 2 unspecified atom stereocenters. The molecule has 18 heavy (non-hydrogen) atoms. The third kappa shape index (κ3) is 3.05. The molecular weight excluding hydrogens is 224 g/mol. The van der Waals surface area contributed by atoms with Crippen LogP contribution in [0.3, 0.4) is 0 Å². The summed E-state index contributed by atoms with van der Waals surface area (Å²) in [5, 5.41) is 8.28. The fourth-order valence-electron chi connectivity index (χ4n) is 2.66. The number of nitrogens with zero attached hydrogens (tertiary/aromatic N) is 3. The zero-order valence-electron chi connectivity index (χ0n) is 12.1. The number of piperazine rings is 1. The Labute approximate surface area is 110 Å². The van der Waals surface area contributed by atoms with Gasteiger partial charge in [0.15, 0.2) is 5.82 Å². The summed E-state index contributed by atoms with van der Waals surface area (Å²) in [5.41, 5.74) is 0. The van der Waals surface area contributed by atoms with Crippen molar-refractivity contribution in [3.63, 3.8) is 0 Å². The van der Waals surface area contributed by atoms with Crippen LogP contribution >= 0.6 is 0 Å². The SMILES string of the molecule is CCn1ccc(N2CC(CC(C)C)NCC2C)n1. The van der Waals surface area contributed by atoms with Crippen LogP contribution in [-0.4, -0.2) is 35.0 Å². The van der Waals surface area contributed by atoms with Crippen molar-refractivity contribution in [1.29, 1.82) is 0 Å². The largest absolute Gasteiger partial charge is 0.350 e. The maximum absolute atomic E-state index is 4.63. The van der Waals surface area contributed by atoms with Crippen LogP contribution in [0.1, 0.15) is 34.1 Å². The third-order valence-electron chi connectivity index (χ3n) is 3.65. The van der Waals surface area contributed by atoms with E-state index in [1.807, 2.05) is 4.68 Å². The maximum Gasteiger partial charge on any atom is 0.150 e. The molecule has 1 fully saturated rings. The second kappa shape index (κ2) is 5.74. The average molecular weight is 250 g/mol. The van der Waals surface area contributed by atoms with E-state index in [-0.39, 0.29) is 0 Å². The molecule has 0 spiro atoms. The number of nitrogens with one attached hydrogen (secondary N) is 1. The highest BCUT2D eigenvalue weighted by Crippen LogP contribution is 2.19. The molecule has 0 aliphatic carbocycles. The molecule has 2 atom stereocenters. The first-order chi connectivity index (χ1) is 8.60. The van der Waals surface area contributed by atoms with Gasteiger partial charge < -0.3 is 10.2 Å². The molecule has 1 saturated heterocycles. The lowest BCUT2D eigenvalue weighted by Crippen LogP contribution is -2.56. The van der Waals surface area contributed by atoms with E-state index in [1.165, 1.54) is 6.42 Å². The van der Waals surface area contributed by atoms with Gasteiger partial charge in [-0.1, -0.05) is 13.8 Å². The molecule has 0 amide bonds. The lowest BCUT2D eigenvalue weighted by Gasteiger charge is -2.39. The molecule has 102 valence electrons. The number of aryl methyl sites for hydroxylation is 1. The molecular formula is C14H26N4. The fourth-order valence-corrected chi connectivity index (χ4v) is 2.66. The van der Waals surface area contributed by atoms with Crippen molar-refractivity contribution in [1.82, 2.24) is 15.1 Å². The molecule has 0 radical (unpaired) electrons. The first-order valence-electron chi connectivity index (χ1n) is 7.13. The highest BCUT2D eigenvalue weighted by molar-refractivity contribution is 5.39. The molecule has 1 aliphatic heterocycles. The van der Waals surface area contributed by atoms with Crippen LogP contribution in [0.4, 0.5) is 5.82 Å². The maximum atomic E-state index is 4.63. The molecule has 0 saturated carbocycles. The van der Waals surface area contributed by atoms with E-state index in [2.05, 4.69) is 55.3 Å². The monoisotopic (exact) mass is 250 g/mol. The Bertz CT molecular complexity index is 372. The summed E-state index contributed by atoms with van der Waals surface area (Å²) in [6, 6.07) is 3.25. The molecule has 1 aromatic rings. The topological polar surface area (TPSA) is 33.1 Å². The molecule has 2 rings (SSSR count). The minimum Gasteiger partial charge on any atom is -0.350 e. The Hall–Kier alpha value is -1.03. The molecule has 0 aromatic carbocycles. The van der Waals surface area contributed by atoms with Gasteiger partial charge in [-0.25, -0.2) is 0 Å². The van der Waals surface area contributed by atoms with Gasteiger partial charge in [-0.2, -0.15) is 5.10 Å². The van der Waals surface area contributed by atoms with Crippen molar-refractivity contribution < 1.29 is 0 Å². The summed E-state index contributed by atoms with van der Waals surface area (Å²) in [6.07, 6.45) is 3.30. The van der Waals surface area contributed by atoms with Crippen molar-refractivity contribution in [2.45, 2.75) is 52.7 Å². The van der Waals surface area contributed by atoms with Crippen LogP contribution in [0.5, 0.6) is 0 Å². The lowest BCUT2D eigenvalue weighted by molar-refractivity contribution is 0.354. The molecule has 4 nitrogen and oxygen atoms in total. The first-order valence-corrected chi connectivity index (χ1v) is 7.13. The molecule has 1 aliphatic rings. The van der Waals surface area contributed by atoms with Crippen molar-refractivity contribution in [2.24, 2.45) is 5.92 Å². The van der Waals surface area contributed by atoms with Gasteiger partial charge in [0.25, 0.3) is 0 Å². The van der Waals surface area contributed by atoms with E-state index in [9.17, 15) is 0 Å². The number of aromatic nitrogens is 2. The van der Waals surface area contributed by atoms with Gasteiger partial charge in [0.05, 0.1) is 0 Å². The van der Waals surface area contributed by atoms with E-state index < -0.39 is 0 Å². The second-order valence-electron chi connectivity index (χ2n) is 5.77. The first kappa shape index (κ1) is 13.4. The van der Waals surface area contributed by atoms with Crippen LogP contribution in [0, 0.1) is 5.92 Å². The average Bonchev–Trinajstić information content (AvgIpc) is 2.79. The van der Waals surface area contributed by atoms with Gasteiger partial charge in [0.2, 0.25) is 0 Å². The Kier molecular flexibility index (Phi) is 4.27. The smallest absolute Gasteiger partial charge is 0.150 e. The Morgan fingerprint density at radius 1 is 1.50 bits per heavy atom. The van der Waals surface area contributed by atoms with Crippen molar-refractivity contribution in [2.75, 3.05) is 18.0 Å². The van der Waals surface area contributed by atoms with Crippen molar-refractivity contribution >= 4 is 5.82 Å². The van der Waals surface area contributed by atoms with Crippen LogP contribution in [0.15, 0.2) is 12.3 Å². The van der Waals surface area contributed by atoms with Crippen LogP contribution in [0.25, 0.3) is 0 Å². The van der Waals surface area contributed by atoms with E-state index in [1.54, 1.807) is 0 Å². The van der Waals surface area contributed by atoms with Gasteiger partial charge >= 0.3 is 0 Å².